The van der Waals surface area contributed by atoms with Crippen molar-refractivity contribution in [2.24, 2.45) is 0 Å². The summed E-state index contributed by atoms with van der Waals surface area (Å²) >= 11 is 0. The zero-order valence-corrected chi connectivity index (χ0v) is 7.27. The van der Waals surface area contributed by atoms with Crippen LogP contribution in [0.3, 0.4) is 0 Å². The molecule has 0 unspecified atom stereocenters. The van der Waals surface area contributed by atoms with Gasteiger partial charge >= 0.3 is 0 Å². The Kier molecular flexibility index (Phi) is 2.01. The first kappa shape index (κ1) is 7.88. The van der Waals surface area contributed by atoms with Gasteiger partial charge in [-0.1, -0.05) is 18.2 Å². The average Bonchev–Trinajstić information content (AvgIpc) is 2.70. The summed E-state index contributed by atoms with van der Waals surface area (Å²) < 4.78 is 0. The van der Waals surface area contributed by atoms with Crippen LogP contribution in [0.5, 0.6) is 0 Å². The summed E-state index contributed by atoms with van der Waals surface area (Å²) in [5, 5.41) is 8.88. The minimum absolute atomic E-state index is 0.744. The van der Waals surface area contributed by atoms with E-state index in [0.717, 1.165) is 24.2 Å². The summed E-state index contributed by atoms with van der Waals surface area (Å²) in [6.07, 6.45) is 5.23. The maximum atomic E-state index is 8.88. The largest absolute Gasteiger partial charge is 0.347 e. The fourth-order valence-electron chi connectivity index (χ4n) is 1.51. The molecule has 1 aliphatic rings. The van der Waals surface area contributed by atoms with Crippen molar-refractivity contribution in [3.8, 4) is 6.07 Å². The smallest absolute Gasteiger partial charge is 0.101 e. The highest BCUT2D eigenvalue weighted by molar-refractivity contribution is 5.61. The third-order valence-corrected chi connectivity index (χ3v) is 2.16. The lowest BCUT2D eigenvalue weighted by atomic mass is 10.2. The number of nitriles is 1. The van der Waals surface area contributed by atoms with E-state index in [1.54, 1.807) is 0 Å². The molecule has 0 radical (unpaired) electrons. The molecular formula is C11H10N2. The van der Waals surface area contributed by atoms with E-state index >= 15 is 0 Å². The third-order valence-electron chi connectivity index (χ3n) is 2.16. The summed E-state index contributed by atoms with van der Waals surface area (Å²) in [6, 6.07) is 9.88. The maximum absolute atomic E-state index is 8.88. The predicted molar refractivity (Wildman–Crippen MR) is 52.3 cm³/mol. The highest BCUT2D eigenvalue weighted by atomic mass is 15.1. The van der Waals surface area contributed by atoms with Crippen LogP contribution in [0, 0.1) is 11.3 Å². The minimum atomic E-state index is 0.744. The van der Waals surface area contributed by atoms with Crippen LogP contribution in [0.4, 0.5) is 5.69 Å². The van der Waals surface area contributed by atoms with Gasteiger partial charge in [-0.3, -0.25) is 0 Å². The Morgan fingerprint density at radius 1 is 1.31 bits per heavy atom. The van der Waals surface area contributed by atoms with E-state index in [2.05, 4.69) is 17.0 Å². The maximum Gasteiger partial charge on any atom is 0.101 e. The molecule has 13 heavy (non-hydrogen) atoms. The highest BCUT2D eigenvalue weighted by Gasteiger charge is 2.09. The van der Waals surface area contributed by atoms with Gasteiger partial charge < -0.3 is 4.90 Å². The van der Waals surface area contributed by atoms with Crippen LogP contribution in [0.1, 0.15) is 12.0 Å². The molecule has 0 atom stereocenters. The van der Waals surface area contributed by atoms with Crippen LogP contribution in [0.25, 0.3) is 0 Å². The van der Waals surface area contributed by atoms with Gasteiger partial charge in [0.05, 0.1) is 11.3 Å². The molecule has 0 amide bonds. The van der Waals surface area contributed by atoms with E-state index in [-0.39, 0.29) is 0 Å². The van der Waals surface area contributed by atoms with Crippen molar-refractivity contribution in [1.29, 1.82) is 5.26 Å². The van der Waals surface area contributed by atoms with Gasteiger partial charge in [0.2, 0.25) is 0 Å². The molecule has 1 heterocycles. The molecule has 2 rings (SSSR count). The second kappa shape index (κ2) is 3.32. The topological polar surface area (TPSA) is 27.0 Å². The van der Waals surface area contributed by atoms with Gasteiger partial charge in [0.1, 0.15) is 6.07 Å². The second-order valence-corrected chi connectivity index (χ2v) is 3.00. The summed E-state index contributed by atoms with van der Waals surface area (Å²) in [4.78, 5) is 2.11. The number of nitrogens with zero attached hydrogens (tertiary/aromatic N) is 2. The quantitative estimate of drug-likeness (QED) is 0.646. The van der Waals surface area contributed by atoms with Crippen molar-refractivity contribution < 1.29 is 0 Å². The van der Waals surface area contributed by atoms with Crippen LogP contribution in [0.2, 0.25) is 0 Å². The van der Waals surface area contributed by atoms with E-state index in [0.29, 0.717) is 0 Å². The molecule has 0 saturated carbocycles. The summed E-state index contributed by atoms with van der Waals surface area (Å²) in [6.45, 7) is 0.985. The van der Waals surface area contributed by atoms with Gasteiger partial charge in [0.15, 0.2) is 0 Å². The SMILES string of the molecule is N#Cc1ccccc1N1C=CCC1. The Morgan fingerprint density at radius 3 is 2.85 bits per heavy atom. The second-order valence-electron chi connectivity index (χ2n) is 3.00. The number of para-hydroxylation sites is 1. The number of anilines is 1. The molecule has 1 aliphatic heterocycles. The minimum Gasteiger partial charge on any atom is -0.347 e. The van der Waals surface area contributed by atoms with Gasteiger partial charge in [-0.2, -0.15) is 5.26 Å². The molecule has 1 aromatic carbocycles. The molecule has 0 fully saturated rings. The van der Waals surface area contributed by atoms with Crippen molar-refractivity contribution in [1.82, 2.24) is 0 Å². The van der Waals surface area contributed by atoms with Crippen LogP contribution in [-0.4, -0.2) is 6.54 Å². The molecule has 0 aromatic heterocycles. The van der Waals surface area contributed by atoms with Gasteiger partial charge in [0, 0.05) is 12.7 Å². The molecule has 2 nitrogen and oxygen atoms in total. The van der Waals surface area contributed by atoms with Crippen molar-refractivity contribution in [3.63, 3.8) is 0 Å². The van der Waals surface area contributed by atoms with Crippen molar-refractivity contribution in [2.45, 2.75) is 6.42 Å². The Bertz CT molecular complexity index is 374. The van der Waals surface area contributed by atoms with Gasteiger partial charge in [-0.15, -0.1) is 0 Å². The van der Waals surface area contributed by atoms with E-state index in [1.807, 2.05) is 30.5 Å². The number of hydrogen-bond donors (Lipinski definition) is 0. The van der Waals surface area contributed by atoms with E-state index in [9.17, 15) is 0 Å². The molecule has 64 valence electrons. The monoisotopic (exact) mass is 170 g/mol. The van der Waals surface area contributed by atoms with E-state index < -0.39 is 0 Å². The first-order valence-corrected chi connectivity index (χ1v) is 4.34. The normalized spacial score (nSPS) is 14.5. The molecule has 2 heteroatoms. The summed E-state index contributed by atoms with van der Waals surface area (Å²) in [7, 11) is 0. The zero-order chi connectivity index (χ0) is 9.10. The van der Waals surface area contributed by atoms with Crippen LogP contribution >= 0.6 is 0 Å². The van der Waals surface area contributed by atoms with Gasteiger partial charge in [-0.05, 0) is 18.6 Å². The molecular weight excluding hydrogens is 160 g/mol. The molecule has 0 aliphatic carbocycles. The predicted octanol–water partition coefficient (Wildman–Crippen LogP) is 2.28. The zero-order valence-electron chi connectivity index (χ0n) is 7.27. The van der Waals surface area contributed by atoms with Crippen molar-refractivity contribution in [3.05, 3.63) is 42.1 Å². The highest BCUT2D eigenvalue weighted by Crippen LogP contribution is 2.22. The van der Waals surface area contributed by atoms with E-state index in [1.165, 1.54) is 0 Å². The lowest BCUT2D eigenvalue weighted by Crippen LogP contribution is -2.13. The van der Waals surface area contributed by atoms with Gasteiger partial charge in [0.25, 0.3) is 0 Å². The Balaban J connectivity index is 2.39. The fraction of sp³-hybridized carbons (Fsp3) is 0.182. The Hall–Kier alpha value is -1.75. The Morgan fingerprint density at radius 2 is 2.15 bits per heavy atom. The standard InChI is InChI=1S/C11H10N2/c12-9-10-5-1-2-6-11(10)13-7-3-4-8-13/h1-3,5-7H,4,8H2. The van der Waals surface area contributed by atoms with Crippen molar-refractivity contribution >= 4 is 5.69 Å². The first-order chi connectivity index (χ1) is 6.42. The van der Waals surface area contributed by atoms with E-state index in [4.69, 9.17) is 5.26 Å². The van der Waals surface area contributed by atoms with Crippen LogP contribution < -0.4 is 4.90 Å². The molecule has 0 spiro atoms. The third kappa shape index (κ3) is 1.41. The molecule has 0 bridgehead atoms. The Labute approximate surface area is 77.7 Å². The van der Waals surface area contributed by atoms with Crippen molar-refractivity contribution in [2.75, 3.05) is 11.4 Å². The fourth-order valence-corrected chi connectivity index (χ4v) is 1.51. The number of rotatable bonds is 1. The summed E-state index contributed by atoms with van der Waals surface area (Å²) in [5.74, 6) is 0. The first-order valence-electron chi connectivity index (χ1n) is 4.34. The van der Waals surface area contributed by atoms with Gasteiger partial charge in [-0.25, -0.2) is 0 Å². The lowest BCUT2D eigenvalue weighted by Gasteiger charge is -2.16. The molecule has 0 saturated heterocycles. The summed E-state index contributed by atoms with van der Waals surface area (Å²) in [5.41, 5.74) is 1.76. The number of hydrogen-bond acceptors (Lipinski definition) is 2. The number of benzene rings is 1. The molecule has 1 aromatic rings. The van der Waals surface area contributed by atoms with Crippen LogP contribution in [0.15, 0.2) is 36.5 Å². The lowest BCUT2D eigenvalue weighted by molar-refractivity contribution is 0.997. The van der Waals surface area contributed by atoms with Crippen LogP contribution in [-0.2, 0) is 0 Å². The molecule has 0 N–H and O–H groups in total. The average molecular weight is 170 g/mol.